The lowest BCUT2D eigenvalue weighted by atomic mass is 9.89. The number of hydrogen-bond acceptors (Lipinski definition) is 4. The number of nitrogens with zero attached hydrogens (tertiary/aromatic N) is 4. The van der Waals surface area contributed by atoms with E-state index in [1.165, 1.54) is 48.8 Å². The van der Waals surface area contributed by atoms with Crippen LogP contribution in [0.4, 0.5) is 0 Å². The van der Waals surface area contributed by atoms with Crippen molar-refractivity contribution in [3.63, 3.8) is 0 Å². The highest BCUT2D eigenvalue weighted by Gasteiger charge is 2.26. The predicted molar refractivity (Wildman–Crippen MR) is 110 cm³/mol. The Bertz CT molecular complexity index is 954. The van der Waals surface area contributed by atoms with Gasteiger partial charge in [-0.25, -0.2) is 0 Å². The second-order valence-electron chi connectivity index (χ2n) is 7.27. The van der Waals surface area contributed by atoms with Crippen LogP contribution in [-0.4, -0.2) is 26.3 Å². The third kappa shape index (κ3) is 3.32. The summed E-state index contributed by atoms with van der Waals surface area (Å²) >= 11 is 1.74. The fraction of sp³-hybridized carbons (Fsp3) is 0.318. The molecule has 2 heterocycles. The maximum Gasteiger partial charge on any atom is 0.212 e. The Labute approximate surface area is 163 Å². The molecule has 0 N–H and O–H groups in total. The van der Waals surface area contributed by atoms with E-state index in [0.29, 0.717) is 5.92 Å². The molecular weight excluding hydrogens is 352 g/mol. The number of fused-ring (bicyclic) bond motifs is 1. The molecule has 1 fully saturated rings. The maximum absolute atomic E-state index is 4.94. The first-order chi connectivity index (χ1) is 13.4. The van der Waals surface area contributed by atoms with E-state index in [-0.39, 0.29) is 0 Å². The SMILES string of the molecule is c1ccc(-c2ccc(C3=Nn4c(nnc4C4CCCCC4)SC3)cc2)cc1. The van der Waals surface area contributed by atoms with Crippen LogP contribution in [0.25, 0.3) is 11.1 Å². The highest BCUT2D eigenvalue weighted by Crippen LogP contribution is 2.34. The molecule has 1 aromatic heterocycles. The first-order valence-electron chi connectivity index (χ1n) is 9.70. The lowest BCUT2D eigenvalue weighted by molar-refractivity contribution is 0.417. The van der Waals surface area contributed by atoms with Gasteiger partial charge in [0.25, 0.3) is 0 Å². The fourth-order valence-electron chi connectivity index (χ4n) is 3.99. The third-order valence-corrected chi connectivity index (χ3v) is 6.42. The zero-order valence-electron chi connectivity index (χ0n) is 15.2. The summed E-state index contributed by atoms with van der Waals surface area (Å²) in [5.74, 6) is 2.40. The normalized spacial score (nSPS) is 17.4. The van der Waals surface area contributed by atoms with Gasteiger partial charge in [-0.3, -0.25) is 0 Å². The minimum atomic E-state index is 0.504. The minimum Gasteiger partial charge on any atom is -0.191 e. The number of hydrogen-bond donors (Lipinski definition) is 0. The largest absolute Gasteiger partial charge is 0.212 e. The van der Waals surface area contributed by atoms with Gasteiger partial charge < -0.3 is 0 Å². The van der Waals surface area contributed by atoms with Crippen molar-refractivity contribution < 1.29 is 0 Å². The van der Waals surface area contributed by atoms with Crippen LogP contribution in [0.2, 0.25) is 0 Å². The van der Waals surface area contributed by atoms with Gasteiger partial charge in [0.2, 0.25) is 5.16 Å². The van der Waals surface area contributed by atoms with E-state index >= 15 is 0 Å². The maximum atomic E-state index is 4.94. The molecule has 136 valence electrons. The van der Waals surface area contributed by atoms with Crippen molar-refractivity contribution in [1.29, 1.82) is 0 Å². The van der Waals surface area contributed by atoms with Gasteiger partial charge >= 0.3 is 0 Å². The van der Waals surface area contributed by atoms with Crippen LogP contribution in [0.1, 0.15) is 49.4 Å². The van der Waals surface area contributed by atoms with Crippen molar-refractivity contribution in [2.24, 2.45) is 5.10 Å². The Morgan fingerprint density at radius 1 is 0.778 bits per heavy atom. The average molecular weight is 375 g/mol. The van der Waals surface area contributed by atoms with Crippen molar-refractivity contribution in [2.75, 3.05) is 5.75 Å². The first kappa shape index (κ1) is 16.8. The Kier molecular flexibility index (Phi) is 4.54. The molecule has 27 heavy (non-hydrogen) atoms. The van der Waals surface area contributed by atoms with Gasteiger partial charge in [-0.05, 0) is 29.5 Å². The molecule has 0 amide bonds. The predicted octanol–water partition coefficient (Wildman–Crippen LogP) is 5.35. The molecule has 1 aliphatic carbocycles. The molecule has 1 saturated carbocycles. The molecule has 0 spiro atoms. The van der Waals surface area contributed by atoms with Gasteiger partial charge in [-0.15, -0.1) is 10.2 Å². The Morgan fingerprint density at radius 2 is 1.48 bits per heavy atom. The number of aromatic nitrogens is 3. The number of thioether (sulfide) groups is 1. The fourth-order valence-corrected chi connectivity index (χ4v) is 4.83. The summed E-state index contributed by atoms with van der Waals surface area (Å²) in [7, 11) is 0. The Balaban J connectivity index is 1.44. The molecule has 2 aromatic carbocycles. The number of benzene rings is 2. The van der Waals surface area contributed by atoms with E-state index in [1.807, 2.05) is 10.7 Å². The van der Waals surface area contributed by atoms with Crippen LogP contribution in [0.5, 0.6) is 0 Å². The molecule has 0 unspecified atom stereocenters. The average Bonchev–Trinajstić information content (AvgIpc) is 3.18. The molecule has 2 aliphatic rings. The highest BCUT2D eigenvalue weighted by molar-refractivity contribution is 7.99. The number of rotatable bonds is 3. The smallest absolute Gasteiger partial charge is 0.191 e. The van der Waals surface area contributed by atoms with E-state index < -0.39 is 0 Å². The zero-order valence-corrected chi connectivity index (χ0v) is 16.0. The van der Waals surface area contributed by atoms with Crippen LogP contribution in [0.15, 0.2) is 64.9 Å². The topological polar surface area (TPSA) is 43.1 Å². The van der Waals surface area contributed by atoms with Crippen molar-refractivity contribution in [1.82, 2.24) is 14.9 Å². The minimum absolute atomic E-state index is 0.504. The second-order valence-corrected chi connectivity index (χ2v) is 8.21. The Hall–Kier alpha value is -2.40. The summed E-state index contributed by atoms with van der Waals surface area (Å²) in [4.78, 5) is 0. The van der Waals surface area contributed by atoms with Gasteiger partial charge in [0.05, 0.1) is 5.71 Å². The van der Waals surface area contributed by atoms with E-state index in [9.17, 15) is 0 Å². The summed E-state index contributed by atoms with van der Waals surface area (Å²) < 4.78 is 2.00. The molecule has 0 bridgehead atoms. The molecule has 4 nitrogen and oxygen atoms in total. The highest BCUT2D eigenvalue weighted by atomic mass is 32.2. The van der Waals surface area contributed by atoms with E-state index in [1.54, 1.807) is 11.8 Å². The van der Waals surface area contributed by atoms with Gasteiger partial charge in [0.15, 0.2) is 5.82 Å². The second kappa shape index (κ2) is 7.31. The van der Waals surface area contributed by atoms with Gasteiger partial charge in [0.1, 0.15) is 0 Å². The third-order valence-electron chi connectivity index (χ3n) is 5.49. The standard InChI is InChI=1S/C22H22N4S/c1-3-7-16(8-4-1)17-11-13-18(14-12-17)20-15-27-22-24-23-21(26(22)25-20)19-9-5-2-6-10-19/h1,3-4,7-8,11-14,19H,2,5-6,9-10,15H2. The summed E-state index contributed by atoms with van der Waals surface area (Å²) in [6.45, 7) is 0. The van der Waals surface area contributed by atoms with Crippen LogP contribution >= 0.6 is 11.8 Å². The molecular formula is C22H22N4S. The molecule has 0 atom stereocenters. The van der Waals surface area contributed by atoms with Crippen molar-refractivity contribution >= 4 is 17.5 Å². The molecule has 5 rings (SSSR count). The van der Waals surface area contributed by atoms with Gasteiger partial charge in [0, 0.05) is 11.7 Å². The summed E-state index contributed by atoms with van der Waals surface area (Å²) in [6, 6.07) is 19.2. The molecule has 5 heteroatoms. The Morgan fingerprint density at radius 3 is 2.26 bits per heavy atom. The van der Waals surface area contributed by atoms with Crippen LogP contribution in [0.3, 0.4) is 0 Å². The van der Waals surface area contributed by atoms with Gasteiger partial charge in [-0.2, -0.15) is 9.78 Å². The molecule has 0 saturated heterocycles. The molecule has 0 radical (unpaired) electrons. The van der Waals surface area contributed by atoms with E-state index in [2.05, 4.69) is 58.7 Å². The van der Waals surface area contributed by atoms with Crippen molar-refractivity contribution in [3.05, 3.63) is 66.0 Å². The summed E-state index contributed by atoms with van der Waals surface area (Å²) in [6.07, 6.45) is 6.34. The summed E-state index contributed by atoms with van der Waals surface area (Å²) in [5, 5.41) is 14.7. The summed E-state index contributed by atoms with van der Waals surface area (Å²) in [5.41, 5.74) is 4.75. The molecule has 1 aliphatic heterocycles. The van der Waals surface area contributed by atoms with Gasteiger partial charge in [-0.1, -0.05) is 85.6 Å². The lowest BCUT2D eigenvalue weighted by Crippen LogP contribution is -2.17. The lowest BCUT2D eigenvalue weighted by Gasteiger charge is -2.21. The van der Waals surface area contributed by atoms with E-state index in [4.69, 9.17) is 5.10 Å². The monoisotopic (exact) mass is 374 g/mol. The van der Waals surface area contributed by atoms with Crippen LogP contribution < -0.4 is 0 Å². The van der Waals surface area contributed by atoms with Crippen LogP contribution in [0, 0.1) is 0 Å². The molecule has 3 aromatic rings. The van der Waals surface area contributed by atoms with Crippen molar-refractivity contribution in [2.45, 2.75) is 43.2 Å². The quantitative estimate of drug-likeness (QED) is 0.620. The van der Waals surface area contributed by atoms with Crippen molar-refractivity contribution in [3.8, 4) is 11.1 Å². The van der Waals surface area contributed by atoms with E-state index in [0.717, 1.165) is 22.4 Å². The van der Waals surface area contributed by atoms with Crippen LogP contribution in [-0.2, 0) is 0 Å². The first-order valence-corrected chi connectivity index (χ1v) is 10.7. The zero-order chi connectivity index (χ0) is 18.1.